The minimum atomic E-state index is -1.88. The zero-order valence-electron chi connectivity index (χ0n) is 17.2. The SMILES string of the molecule is Cc1nc(N)c2c(n1)c(C)nn2-c1ccc(NC(=O)C(O)c2cc(F)cc(Cl)c2)c(F)c1F. The highest BCUT2D eigenvalue weighted by atomic mass is 35.5. The van der Waals surface area contributed by atoms with Crippen LogP contribution in [0.15, 0.2) is 30.3 Å². The molecule has 8 nitrogen and oxygen atoms in total. The molecular weight excluding hydrogens is 461 g/mol. The molecule has 0 spiro atoms. The van der Waals surface area contributed by atoms with Crippen LogP contribution in [0, 0.1) is 31.3 Å². The van der Waals surface area contributed by atoms with Gasteiger partial charge in [-0.25, -0.2) is 27.8 Å². The summed E-state index contributed by atoms with van der Waals surface area (Å²) in [7, 11) is 0. The highest BCUT2D eigenvalue weighted by molar-refractivity contribution is 6.30. The van der Waals surface area contributed by atoms with Crippen molar-refractivity contribution in [1.82, 2.24) is 19.7 Å². The van der Waals surface area contributed by atoms with Crippen molar-refractivity contribution in [2.45, 2.75) is 20.0 Å². The van der Waals surface area contributed by atoms with E-state index in [1.165, 1.54) is 12.1 Å². The van der Waals surface area contributed by atoms with E-state index in [1.807, 2.05) is 0 Å². The number of aromatic nitrogens is 4. The number of carbonyl (C=O) groups excluding carboxylic acids is 1. The van der Waals surface area contributed by atoms with E-state index in [2.05, 4.69) is 20.4 Å². The van der Waals surface area contributed by atoms with E-state index < -0.39 is 35.2 Å². The molecule has 0 saturated carbocycles. The summed E-state index contributed by atoms with van der Waals surface area (Å²) in [6.07, 6.45) is -1.88. The maximum Gasteiger partial charge on any atom is 0.257 e. The van der Waals surface area contributed by atoms with Crippen LogP contribution in [0.1, 0.15) is 23.2 Å². The summed E-state index contributed by atoms with van der Waals surface area (Å²) in [6, 6.07) is 5.32. The van der Waals surface area contributed by atoms with Gasteiger partial charge in [0.2, 0.25) is 0 Å². The topological polar surface area (TPSA) is 119 Å². The third-order valence-corrected chi connectivity index (χ3v) is 5.04. The molecule has 0 fully saturated rings. The van der Waals surface area contributed by atoms with Crippen LogP contribution < -0.4 is 11.1 Å². The number of nitrogen functional groups attached to an aromatic ring is 1. The second-order valence-electron chi connectivity index (χ2n) is 7.21. The van der Waals surface area contributed by atoms with E-state index >= 15 is 0 Å². The Morgan fingerprint density at radius 3 is 2.58 bits per heavy atom. The molecule has 4 rings (SSSR count). The predicted octanol–water partition coefficient (Wildman–Crippen LogP) is 3.76. The third-order valence-electron chi connectivity index (χ3n) is 4.82. The fraction of sp³-hybridized carbons (Fsp3) is 0.143. The number of aryl methyl sites for hydroxylation is 2. The summed E-state index contributed by atoms with van der Waals surface area (Å²) in [5.74, 6) is -4.20. The van der Waals surface area contributed by atoms with Crippen LogP contribution in [0.2, 0.25) is 5.02 Å². The molecule has 33 heavy (non-hydrogen) atoms. The largest absolute Gasteiger partial charge is 0.382 e. The number of fused-ring (bicyclic) bond motifs is 1. The first kappa shape index (κ1) is 22.5. The average molecular weight is 477 g/mol. The van der Waals surface area contributed by atoms with E-state index in [-0.39, 0.29) is 27.6 Å². The van der Waals surface area contributed by atoms with Gasteiger partial charge in [-0.2, -0.15) is 5.10 Å². The summed E-state index contributed by atoms with van der Waals surface area (Å²) >= 11 is 5.73. The molecule has 2 heterocycles. The number of nitrogens with two attached hydrogens (primary N) is 1. The highest BCUT2D eigenvalue weighted by Gasteiger charge is 2.24. The molecule has 4 aromatic rings. The van der Waals surface area contributed by atoms with E-state index in [0.29, 0.717) is 17.0 Å². The van der Waals surface area contributed by atoms with Crippen molar-refractivity contribution in [3.05, 3.63) is 69.9 Å². The van der Waals surface area contributed by atoms with Gasteiger partial charge in [-0.05, 0) is 49.7 Å². The quantitative estimate of drug-likeness (QED) is 0.412. The van der Waals surface area contributed by atoms with E-state index in [4.69, 9.17) is 17.3 Å². The number of hydrogen-bond donors (Lipinski definition) is 3. The van der Waals surface area contributed by atoms with Gasteiger partial charge in [-0.15, -0.1) is 0 Å². The summed E-state index contributed by atoms with van der Waals surface area (Å²) < 4.78 is 44.4. The maximum atomic E-state index is 15.0. The first-order valence-corrected chi connectivity index (χ1v) is 9.87. The molecule has 0 bridgehead atoms. The second-order valence-corrected chi connectivity index (χ2v) is 7.64. The normalized spacial score (nSPS) is 12.2. The van der Waals surface area contributed by atoms with Crippen molar-refractivity contribution >= 4 is 40.0 Å². The number of benzene rings is 2. The Kier molecular flexibility index (Phi) is 5.68. The van der Waals surface area contributed by atoms with Crippen LogP contribution >= 0.6 is 11.6 Å². The van der Waals surface area contributed by atoms with Crippen LogP contribution in [0.4, 0.5) is 24.7 Å². The number of carbonyl (C=O) groups is 1. The Balaban J connectivity index is 1.69. The van der Waals surface area contributed by atoms with Crippen molar-refractivity contribution in [2.24, 2.45) is 0 Å². The van der Waals surface area contributed by atoms with E-state index in [9.17, 15) is 23.1 Å². The zero-order valence-corrected chi connectivity index (χ0v) is 18.0. The molecule has 1 amide bonds. The van der Waals surface area contributed by atoms with Crippen LogP contribution in [0.5, 0.6) is 0 Å². The number of nitrogens with zero attached hydrogens (tertiary/aromatic N) is 4. The monoisotopic (exact) mass is 476 g/mol. The molecule has 0 aliphatic heterocycles. The van der Waals surface area contributed by atoms with Gasteiger partial charge < -0.3 is 16.2 Å². The Morgan fingerprint density at radius 2 is 1.88 bits per heavy atom. The van der Waals surface area contributed by atoms with Crippen molar-refractivity contribution in [3.63, 3.8) is 0 Å². The van der Waals surface area contributed by atoms with Crippen LogP contribution in [0.3, 0.4) is 0 Å². The minimum Gasteiger partial charge on any atom is -0.382 e. The number of nitrogens with one attached hydrogen (secondary N) is 1. The Labute approximate surface area is 189 Å². The van der Waals surface area contributed by atoms with Gasteiger partial charge in [0.15, 0.2) is 23.6 Å². The van der Waals surface area contributed by atoms with Gasteiger partial charge in [-0.1, -0.05) is 11.6 Å². The molecule has 4 N–H and O–H groups in total. The molecule has 0 radical (unpaired) electrons. The molecule has 2 aromatic heterocycles. The lowest BCUT2D eigenvalue weighted by Crippen LogP contribution is -2.22. The molecule has 2 aromatic carbocycles. The summed E-state index contributed by atoms with van der Waals surface area (Å²) in [5.41, 5.74) is 5.97. The van der Waals surface area contributed by atoms with E-state index in [1.54, 1.807) is 13.8 Å². The standard InChI is InChI=1S/C21H16ClF3N6O2/c1-8-17-18(20(26)28-9(2)27-17)31(30-8)14-4-3-13(15(24)16(14)25)29-21(33)19(32)10-5-11(22)7-12(23)6-10/h3-7,19,32H,1-2H3,(H,29,33)(H2,26,27,28). The van der Waals surface area contributed by atoms with Gasteiger partial charge in [0, 0.05) is 5.02 Å². The predicted molar refractivity (Wildman–Crippen MR) is 115 cm³/mol. The van der Waals surface area contributed by atoms with Gasteiger partial charge in [0.1, 0.15) is 28.4 Å². The molecular formula is C21H16ClF3N6O2. The number of aliphatic hydroxyl groups is 1. The highest BCUT2D eigenvalue weighted by Crippen LogP contribution is 2.29. The van der Waals surface area contributed by atoms with Gasteiger partial charge in [0.05, 0.1) is 11.4 Å². The fourth-order valence-electron chi connectivity index (χ4n) is 3.36. The number of anilines is 2. The van der Waals surface area contributed by atoms with Gasteiger partial charge in [0.25, 0.3) is 5.91 Å². The smallest absolute Gasteiger partial charge is 0.257 e. The molecule has 1 unspecified atom stereocenters. The number of aliphatic hydroxyl groups excluding tert-OH is 1. The Bertz CT molecular complexity index is 1410. The van der Waals surface area contributed by atoms with Crippen molar-refractivity contribution < 1.29 is 23.1 Å². The Morgan fingerprint density at radius 1 is 1.15 bits per heavy atom. The zero-order chi connectivity index (χ0) is 24.0. The number of rotatable bonds is 4. The summed E-state index contributed by atoms with van der Waals surface area (Å²) in [5, 5.41) is 16.4. The lowest BCUT2D eigenvalue weighted by molar-refractivity contribution is -0.124. The lowest BCUT2D eigenvalue weighted by atomic mass is 10.1. The summed E-state index contributed by atoms with van der Waals surface area (Å²) in [4.78, 5) is 20.6. The van der Waals surface area contributed by atoms with Crippen LogP contribution in [-0.4, -0.2) is 30.8 Å². The minimum absolute atomic E-state index is 0.0344. The summed E-state index contributed by atoms with van der Waals surface area (Å²) in [6.45, 7) is 3.27. The van der Waals surface area contributed by atoms with Gasteiger partial charge >= 0.3 is 0 Å². The second kappa shape index (κ2) is 8.34. The van der Waals surface area contributed by atoms with E-state index in [0.717, 1.165) is 22.9 Å². The first-order chi connectivity index (χ1) is 15.6. The molecule has 12 heteroatoms. The number of amides is 1. The average Bonchev–Trinajstić information content (AvgIpc) is 3.06. The molecule has 170 valence electrons. The molecule has 0 saturated heterocycles. The van der Waals surface area contributed by atoms with Crippen LogP contribution in [0.25, 0.3) is 16.7 Å². The van der Waals surface area contributed by atoms with Crippen molar-refractivity contribution in [2.75, 3.05) is 11.1 Å². The molecule has 0 aliphatic rings. The molecule has 1 atom stereocenters. The van der Waals surface area contributed by atoms with Gasteiger partial charge in [-0.3, -0.25) is 4.79 Å². The first-order valence-electron chi connectivity index (χ1n) is 9.49. The fourth-order valence-corrected chi connectivity index (χ4v) is 3.59. The van der Waals surface area contributed by atoms with Crippen molar-refractivity contribution in [3.8, 4) is 5.69 Å². The maximum absolute atomic E-state index is 15.0. The number of halogens is 4. The van der Waals surface area contributed by atoms with Crippen molar-refractivity contribution in [1.29, 1.82) is 0 Å². The molecule has 0 aliphatic carbocycles. The third kappa shape index (κ3) is 4.08. The Hall–Kier alpha value is -3.70. The number of hydrogen-bond acceptors (Lipinski definition) is 6. The lowest BCUT2D eigenvalue weighted by Gasteiger charge is -2.14. The van der Waals surface area contributed by atoms with Crippen LogP contribution in [-0.2, 0) is 4.79 Å².